The van der Waals surface area contributed by atoms with Crippen LogP contribution in [-0.2, 0) is 22.4 Å². The number of nitro benzene ring substituents is 2. The molecule has 0 atom stereocenters. The lowest BCUT2D eigenvalue weighted by atomic mass is 9.95. The number of nitrogens with one attached hydrogen (secondary N) is 1. The molecular formula is C26H23N3O8S. The van der Waals surface area contributed by atoms with Gasteiger partial charge < -0.3 is 14.8 Å². The Morgan fingerprint density at radius 1 is 1.03 bits per heavy atom. The van der Waals surface area contributed by atoms with Crippen molar-refractivity contribution < 1.29 is 28.9 Å². The van der Waals surface area contributed by atoms with Gasteiger partial charge in [0.2, 0.25) is 5.91 Å². The number of anilines is 1. The van der Waals surface area contributed by atoms with E-state index in [1.807, 2.05) is 0 Å². The minimum atomic E-state index is -0.741. The monoisotopic (exact) mass is 537 g/mol. The van der Waals surface area contributed by atoms with E-state index < -0.39 is 33.1 Å². The zero-order chi connectivity index (χ0) is 27.2. The summed E-state index contributed by atoms with van der Waals surface area (Å²) >= 11 is 1.39. The van der Waals surface area contributed by atoms with Crippen LogP contribution in [0.5, 0.6) is 11.5 Å². The molecule has 0 fully saturated rings. The standard InChI is InChI=1S/C26H23N3O8S/c1-2-36-26(31)24-21-8-3-4-9-22(21)38-25(24)27-23(30)11-10-16-6-5-7-19(12-16)37-20-14-17(28(32)33)13-18(15-20)29(34)35/h5-7,10-15H,2-4,8-9H2,1H3,(H,27,30)/b11-10+. The van der Waals surface area contributed by atoms with Gasteiger partial charge in [-0.25, -0.2) is 4.79 Å². The van der Waals surface area contributed by atoms with Gasteiger partial charge in [0.25, 0.3) is 11.4 Å². The number of hydrogen-bond donors (Lipinski definition) is 1. The fraction of sp³-hybridized carbons (Fsp3) is 0.231. The first-order valence-corrected chi connectivity index (χ1v) is 12.6. The number of fused-ring (bicyclic) bond motifs is 1. The highest BCUT2D eigenvalue weighted by Gasteiger charge is 2.27. The highest BCUT2D eigenvalue weighted by atomic mass is 32.1. The van der Waals surface area contributed by atoms with Gasteiger partial charge in [0.05, 0.1) is 40.2 Å². The number of thiophene rings is 1. The van der Waals surface area contributed by atoms with Crippen LogP contribution in [0.3, 0.4) is 0 Å². The quantitative estimate of drug-likeness (QED) is 0.150. The molecule has 0 bridgehead atoms. The predicted octanol–water partition coefficient (Wildman–Crippen LogP) is 6.06. The van der Waals surface area contributed by atoms with Crippen molar-refractivity contribution in [1.29, 1.82) is 0 Å². The molecule has 11 nitrogen and oxygen atoms in total. The molecule has 196 valence electrons. The molecule has 0 saturated carbocycles. The number of benzene rings is 2. The normalized spacial score (nSPS) is 12.6. The maximum absolute atomic E-state index is 12.7. The van der Waals surface area contributed by atoms with Crippen LogP contribution in [0.4, 0.5) is 16.4 Å². The summed E-state index contributed by atoms with van der Waals surface area (Å²) in [6, 6.07) is 9.52. The van der Waals surface area contributed by atoms with Crippen LogP contribution >= 0.6 is 11.3 Å². The van der Waals surface area contributed by atoms with Crippen LogP contribution in [0, 0.1) is 20.2 Å². The van der Waals surface area contributed by atoms with Crippen molar-refractivity contribution in [2.24, 2.45) is 0 Å². The van der Waals surface area contributed by atoms with Crippen LogP contribution in [-0.4, -0.2) is 28.3 Å². The van der Waals surface area contributed by atoms with E-state index in [1.165, 1.54) is 23.5 Å². The second-order valence-corrected chi connectivity index (χ2v) is 9.44. The molecule has 38 heavy (non-hydrogen) atoms. The number of carbonyl (C=O) groups excluding carboxylic acids is 2. The van der Waals surface area contributed by atoms with Gasteiger partial charge in [0.1, 0.15) is 16.5 Å². The van der Waals surface area contributed by atoms with Gasteiger partial charge in [-0.05, 0) is 61.9 Å². The number of carbonyl (C=O) groups is 2. The molecule has 1 aliphatic rings. The number of esters is 1. The van der Waals surface area contributed by atoms with Gasteiger partial charge in [-0.2, -0.15) is 0 Å². The van der Waals surface area contributed by atoms with Gasteiger partial charge >= 0.3 is 5.97 Å². The molecule has 0 unspecified atom stereocenters. The van der Waals surface area contributed by atoms with Crippen LogP contribution in [0.1, 0.15) is 46.1 Å². The molecule has 1 aromatic heterocycles. The maximum atomic E-state index is 12.7. The van der Waals surface area contributed by atoms with Crippen molar-refractivity contribution in [3.8, 4) is 11.5 Å². The van der Waals surface area contributed by atoms with Crippen molar-refractivity contribution in [1.82, 2.24) is 0 Å². The first kappa shape index (κ1) is 26.5. The molecule has 2 aromatic carbocycles. The maximum Gasteiger partial charge on any atom is 0.341 e. The molecule has 12 heteroatoms. The Labute approximate surface area is 221 Å². The SMILES string of the molecule is CCOC(=O)c1c(NC(=O)/C=C/c2cccc(Oc3cc([N+](=O)[O-])cc([N+](=O)[O-])c3)c2)sc2c1CCCC2. The van der Waals surface area contributed by atoms with Crippen LogP contribution in [0.25, 0.3) is 6.08 Å². The molecule has 1 aliphatic carbocycles. The third kappa shape index (κ3) is 6.21. The first-order chi connectivity index (χ1) is 18.2. The minimum absolute atomic E-state index is 0.0714. The number of hydrogen-bond acceptors (Lipinski definition) is 9. The first-order valence-electron chi connectivity index (χ1n) is 11.8. The van der Waals surface area contributed by atoms with E-state index >= 15 is 0 Å². The largest absolute Gasteiger partial charge is 0.462 e. The number of nitro groups is 2. The molecular weight excluding hydrogens is 514 g/mol. The average Bonchev–Trinajstić information content (AvgIpc) is 3.25. The van der Waals surface area contributed by atoms with E-state index in [4.69, 9.17) is 9.47 Å². The van der Waals surface area contributed by atoms with Gasteiger partial charge in [0, 0.05) is 11.0 Å². The molecule has 1 heterocycles. The molecule has 1 N–H and O–H groups in total. The predicted molar refractivity (Wildman–Crippen MR) is 141 cm³/mol. The van der Waals surface area contributed by atoms with Gasteiger partial charge in [-0.15, -0.1) is 11.3 Å². The lowest BCUT2D eigenvalue weighted by Crippen LogP contribution is -2.14. The number of rotatable bonds is 9. The topological polar surface area (TPSA) is 151 Å². The Kier molecular flexibility index (Phi) is 8.12. The fourth-order valence-corrected chi connectivity index (χ4v) is 5.33. The summed E-state index contributed by atoms with van der Waals surface area (Å²) in [7, 11) is 0. The Morgan fingerprint density at radius 3 is 2.42 bits per heavy atom. The van der Waals surface area contributed by atoms with E-state index in [-0.39, 0.29) is 18.1 Å². The second-order valence-electron chi connectivity index (χ2n) is 8.33. The zero-order valence-electron chi connectivity index (χ0n) is 20.3. The summed E-state index contributed by atoms with van der Waals surface area (Å²) in [5.74, 6) is -0.692. The highest BCUT2D eigenvalue weighted by molar-refractivity contribution is 7.17. The molecule has 3 aromatic rings. The average molecular weight is 538 g/mol. The van der Waals surface area contributed by atoms with Crippen molar-refractivity contribution in [3.05, 3.63) is 90.3 Å². The van der Waals surface area contributed by atoms with Gasteiger partial charge in [-0.1, -0.05) is 12.1 Å². The van der Waals surface area contributed by atoms with E-state index in [1.54, 1.807) is 31.2 Å². The number of ether oxygens (including phenoxy) is 2. The number of non-ortho nitro benzene ring substituents is 2. The summed E-state index contributed by atoms with van der Waals surface area (Å²) in [6.45, 7) is 1.97. The van der Waals surface area contributed by atoms with Crippen molar-refractivity contribution >= 4 is 45.7 Å². The van der Waals surface area contributed by atoms with E-state index in [0.717, 1.165) is 54.3 Å². The number of nitrogens with zero attached hydrogens (tertiary/aromatic N) is 2. The van der Waals surface area contributed by atoms with Crippen LogP contribution < -0.4 is 10.1 Å². The Balaban J connectivity index is 1.50. The summed E-state index contributed by atoms with van der Waals surface area (Å²) in [5, 5.41) is 25.5. The molecule has 0 saturated heterocycles. The van der Waals surface area contributed by atoms with Crippen molar-refractivity contribution in [3.63, 3.8) is 0 Å². The Bertz CT molecular complexity index is 1410. The summed E-state index contributed by atoms with van der Waals surface area (Å²) in [6.07, 6.45) is 6.49. The summed E-state index contributed by atoms with van der Waals surface area (Å²) < 4.78 is 10.8. The number of aryl methyl sites for hydroxylation is 1. The highest BCUT2D eigenvalue weighted by Crippen LogP contribution is 2.38. The zero-order valence-corrected chi connectivity index (χ0v) is 21.1. The summed E-state index contributed by atoms with van der Waals surface area (Å²) in [4.78, 5) is 47.1. The lowest BCUT2D eigenvalue weighted by Gasteiger charge is -2.12. The third-order valence-corrected chi connectivity index (χ3v) is 6.91. The fourth-order valence-electron chi connectivity index (χ4n) is 4.05. The Morgan fingerprint density at radius 2 is 1.74 bits per heavy atom. The van der Waals surface area contributed by atoms with Gasteiger partial charge in [0.15, 0.2) is 0 Å². The van der Waals surface area contributed by atoms with Crippen molar-refractivity contribution in [2.75, 3.05) is 11.9 Å². The second kappa shape index (κ2) is 11.6. The third-order valence-electron chi connectivity index (χ3n) is 5.71. The minimum Gasteiger partial charge on any atom is -0.462 e. The van der Waals surface area contributed by atoms with Crippen LogP contribution in [0.15, 0.2) is 48.5 Å². The smallest absolute Gasteiger partial charge is 0.341 e. The van der Waals surface area contributed by atoms with E-state index in [2.05, 4.69) is 5.32 Å². The van der Waals surface area contributed by atoms with Gasteiger partial charge in [-0.3, -0.25) is 25.0 Å². The number of amides is 1. The summed E-state index contributed by atoms with van der Waals surface area (Å²) in [5.41, 5.74) is 1.01. The lowest BCUT2D eigenvalue weighted by molar-refractivity contribution is -0.394. The van der Waals surface area contributed by atoms with E-state index in [0.29, 0.717) is 16.1 Å². The van der Waals surface area contributed by atoms with Crippen LogP contribution in [0.2, 0.25) is 0 Å². The molecule has 1 amide bonds. The Hall–Kier alpha value is -4.58. The van der Waals surface area contributed by atoms with E-state index in [9.17, 15) is 29.8 Å². The van der Waals surface area contributed by atoms with Crippen molar-refractivity contribution in [2.45, 2.75) is 32.6 Å². The molecule has 0 radical (unpaired) electrons. The molecule has 4 rings (SSSR count). The molecule has 0 aliphatic heterocycles. The molecule has 0 spiro atoms.